The number of hydrogen-bond acceptors (Lipinski definition) is 2. The standard InChI is InChI=1S/C13H26N2O/c1-5-15(9(2)3)13(16)11-8-6-7-10(4)12(11)14/h9-12H,5-8,14H2,1-4H3. The number of nitrogens with two attached hydrogens (primary N) is 1. The third kappa shape index (κ3) is 2.76. The maximum absolute atomic E-state index is 12.4. The van der Waals surface area contributed by atoms with Crippen molar-refractivity contribution in [1.82, 2.24) is 4.90 Å². The van der Waals surface area contributed by atoms with Gasteiger partial charge in [-0.05, 0) is 39.5 Å². The smallest absolute Gasteiger partial charge is 0.227 e. The normalized spacial score (nSPS) is 30.5. The molecular weight excluding hydrogens is 200 g/mol. The van der Waals surface area contributed by atoms with Crippen molar-refractivity contribution in [2.75, 3.05) is 6.54 Å². The maximum Gasteiger partial charge on any atom is 0.227 e. The Morgan fingerprint density at radius 1 is 1.44 bits per heavy atom. The highest BCUT2D eigenvalue weighted by molar-refractivity contribution is 5.80. The lowest BCUT2D eigenvalue weighted by atomic mass is 9.77. The molecule has 0 aromatic heterocycles. The molecule has 3 heteroatoms. The molecule has 0 aromatic rings. The quantitative estimate of drug-likeness (QED) is 0.800. The van der Waals surface area contributed by atoms with E-state index in [1.165, 1.54) is 6.42 Å². The van der Waals surface area contributed by atoms with Gasteiger partial charge in [-0.2, -0.15) is 0 Å². The first-order valence-corrected chi connectivity index (χ1v) is 6.55. The fourth-order valence-corrected chi connectivity index (χ4v) is 2.72. The molecule has 94 valence electrons. The van der Waals surface area contributed by atoms with Gasteiger partial charge in [0.2, 0.25) is 5.91 Å². The molecule has 3 nitrogen and oxygen atoms in total. The summed E-state index contributed by atoms with van der Waals surface area (Å²) in [4.78, 5) is 14.3. The summed E-state index contributed by atoms with van der Waals surface area (Å²) in [6, 6.07) is 0.330. The highest BCUT2D eigenvalue weighted by Gasteiger charge is 2.35. The van der Waals surface area contributed by atoms with Gasteiger partial charge in [0.25, 0.3) is 0 Å². The Balaban J connectivity index is 2.71. The van der Waals surface area contributed by atoms with Crippen molar-refractivity contribution in [3.05, 3.63) is 0 Å². The van der Waals surface area contributed by atoms with Gasteiger partial charge in [0.15, 0.2) is 0 Å². The Labute approximate surface area is 99.4 Å². The highest BCUT2D eigenvalue weighted by atomic mass is 16.2. The van der Waals surface area contributed by atoms with Crippen LogP contribution < -0.4 is 5.73 Å². The summed E-state index contributed by atoms with van der Waals surface area (Å²) in [7, 11) is 0. The van der Waals surface area contributed by atoms with Crippen LogP contribution in [-0.4, -0.2) is 29.4 Å². The van der Waals surface area contributed by atoms with Crippen LogP contribution in [0.4, 0.5) is 0 Å². The van der Waals surface area contributed by atoms with Gasteiger partial charge >= 0.3 is 0 Å². The largest absolute Gasteiger partial charge is 0.340 e. The lowest BCUT2D eigenvalue weighted by molar-refractivity contribution is -0.139. The van der Waals surface area contributed by atoms with Crippen molar-refractivity contribution in [3.8, 4) is 0 Å². The third-order valence-corrected chi connectivity index (χ3v) is 3.86. The van der Waals surface area contributed by atoms with Gasteiger partial charge in [-0.3, -0.25) is 4.79 Å². The molecule has 3 atom stereocenters. The van der Waals surface area contributed by atoms with Crippen molar-refractivity contribution < 1.29 is 4.79 Å². The molecule has 2 N–H and O–H groups in total. The number of nitrogens with zero attached hydrogens (tertiary/aromatic N) is 1. The monoisotopic (exact) mass is 226 g/mol. The van der Waals surface area contributed by atoms with Crippen LogP contribution >= 0.6 is 0 Å². The summed E-state index contributed by atoms with van der Waals surface area (Å²) < 4.78 is 0. The topological polar surface area (TPSA) is 46.3 Å². The molecule has 0 radical (unpaired) electrons. The van der Waals surface area contributed by atoms with Crippen LogP contribution in [0.5, 0.6) is 0 Å². The van der Waals surface area contributed by atoms with Gasteiger partial charge in [0.1, 0.15) is 0 Å². The van der Waals surface area contributed by atoms with Crippen molar-refractivity contribution >= 4 is 5.91 Å². The maximum atomic E-state index is 12.4. The van der Waals surface area contributed by atoms with Crippen LogP contribution in [0.3, 0.4) is 0 Å². The minimum absolute atomic E-state index is 0.0473. The van der Waals surface area contributed by atoms with E-state index >= 15 is 0 Å². The molecule has 1 amide bonds. The minimum atomic E-state index is 0.0473. The van der Waals surface area contributed by atoms with Crippen LogP contribution in [0.25, 0.3) is 0 Å². The predicted octanol–water partition coefficient (Wildman–Crippen LogP) is 2.01. The molecule has 0 bridgehead atoms. The van der Waals surface area contributed by atoms with E-state index in [1.54, 1.807) is 0 Å². The summed E-state index contributed by atoms with van der Waals surface area (Å²) in [5.41, 5.74) is 6.17. The van der Waals surface area contributed by atoms with Crippen molar-refractivity contribution in [2.24, 2.45) is 17.6 Å². The SMILES string of the molecule is CCN(C(=O)C1CCCC(C)C1N)C(C)C. The molecule has 1 aliphatic rings. The van der Waals surface area contributed by atoms with Gasteiger partial charge in [-0.1, -0.05) is 13.3 Å². The minimum Gasteiger partial charge on any atom is -0.340 e. The predicted molar refractivity (Wildman–Crippen MR) is 67.0 cm³/mol. The van der Waals surface area contributed by atoms with E-state index in [0.717, 1.165) is 19.4 Å². The van der Waals surface area contributed by atoms with Crippen LogP contribution in [-0.2, 0) is 4.79 Å². The van der Waals surface area contributed by atoms with Gasteiger partial charge in [0, 0.05) is 18.6 Å². The second-order valence-electron chi connectivity index (χ2n) is 5.31. The molecule has 0 heterocycles. The summed E-state index contributed by atoms with van der Waals surface area (Å²) in [6.45, 7) is 9.12. The van der Waals surface area contributed by atoms with Crippen LogP contribution in [0, 0.1) is 11.8 Å². The Morgan fingerprint density at radius 3 is 2.56 bits per heavy atom. The molecule has 16 heavy (non-hydrogen) atoms. The highest BCUT2D eigenvalue weighted by Crippen LogP contribution is 2.29. The van der Waals surface area contributed by atoms with Crippen LogP contribution in [0.15, 0.2) is 0 Å². The Kier molecular flexibility index (Phi) is 4.78. The zero-order valence-electron chi connectivity index (χ0n) is 11.1. The van der Waals surface area contributed by atoms with Crippen molar-refractivity contribution in [1.29, 1.82) is 0 Å². The first-order chi connectivity index (χ1) is 7.49. The van der Waals surface area contributed by atoms with E-state index in [9.17, 15) is 4.79 Å². The zero-order valence-corrected chi connectivity index (χ0v) is 11.1. The Hall–Kier alpha value is -0.570. The molecule has 0 aliphatic heterocycles. The molecule has 1 rings (SSSR count). The van der Waals surface area contributed by atoms with E-state index < -0.39 is 0 Å². The number of carbonyl (C=O) groups is 1. The molecule has 1 fully saturated rings. The van der Waals surface area contributed by atoms with E-state index in [4.69, 9.17) is 5.73 Å². The molecule has 0 spiro atoms. The summed E-state index contributed by atoms with van der Waals surface area (Å²) in [5, 5.41) is 0. The average Bonchev–Trinajstić information content (AvgIpc) is 2.22. The lowest BCUT2D eigenvalue weighted by Gasteiger charge is -2.37. The fraction of sp³-hybridized carbons (Fsp3) is 0.923. The molecular formula is C13H26N2O. The second-order valence-corrected chi connectivity index (χ2v) is 5.31. The molecule has 1 aliphatic carbocycles. The van der Waals surface area contributed by atoms with E-state index in [0.29, 0.717) is 5.92 Å². The van der Waals surface area contributed by atoms with E-state index in [-0.39, 0.29) is 23.9 Å². The molecule has 0 saturated heterocycles. The van der Waals surface area contributed by atoms with Gasteiger partial charge in [0.05, 0.1) is 5.92 Å². The van der Waals surface area contributed by atoms with E-state index in [2.05, 4.69) is 20.8 Å². The number of amides is 1. The summed E-state index contributed by atoms with van der Waals surface area (Å²) in [5.74, 6) is 0.788. The lowest BCUT2D eigenvalue weighted by Crippen LogP contribution is -2.50. The van der Waals surface area contributed by atoms with Gasteiger partial charge in [-0.25, -0.2) is 0 Å². The van der Waals surface area contributed by atoms with Gasteiger partial charge in [-0.15, -0.1) is 0 Å². The van der Waals surface area contributed by atoms with Crippen LogP contribution in [0.1, 0.15) is 47.0 Å². The fourth-order valence-electron chi connectivity index (χ4n) is 2.72. The number of rotatable bonds is 3. The van der Waals surface area contributed by atoms with Crippen LogP contribution in [0.2, 0.25) is 0 Å². The van der Waals surface area contributed by atoms with Gasteiger partial charge < -0.3 is 10.6 Å². The number of hydrogen-bond donors (Lipinski definition) is 1. The Morgan fingerprint density at radius 2 is 2.06 bits per heavy atom. The van der Waals surface area contributed by atoms with E-state index in [1.807, 2.05) is 11.8 Å². The Bertz CT molecular complexity index is 240. The second kappa shape index (κ2) is 5.67. The summed E-state index contributed by atoms with van der Waals surface area (Å²) in [6.07, 6.45) is 3.27. The molecule has 1 saturated carbocycles. The zero-order chi connectivity index (χ0) is 12.3. The summed E-state index contributed by atoms with van der Waals surface area (Å²) >= 11 is 0. The third-order valence-electron chi connectivity index (χ3n) is 3.86. The average molecular weight is 226 g/mol. The molecule has 3 unspecified atom stereocenters. The van der Waals surface area contributed by atoms with Crippen molar-refractivity contribution in [3.63, 3.8) is 0 Å². The first-order valence-electron chi connectivity index (χ1n) is 6.55. The van der Waals surface area contributed by atoms with Crippen molar-refractivity contribution in [2.45, 2.75) is 59.0 Å². The first kappa shape index (κ1) is 13.5. The number of carbonyl (C=O) groups excluding carboxylic acids is 1. The molecule has 0 aromatic carbocycles.